The maximum atomic E-state index is 11.5. The molecule has 0 aromatic heterocycles. The van der Waals surface area contributed by atoms with Crippen LogP contribution in [0.2, 0.25) is 0 Å². The first-order valence-corrected chi connectivity index (χ1v) is 6.56. The first-order valence-electron chi connectivity index (χ1n) is 6.56. The number of ketones is 1. The number of fused-ring (bicyclic) bond motifs is 2. The fourth-order valence-electron chi connectivity index (χ4n) is 3.03. The third-order valence-electron chi connectivity index (χ3n) is 3.74. The number of ether oxygens (including phenoxy) is 1. The van der Waals surface area contributed by atoms with Gasteiger partial charge in [-0.3, -0.25) is 9.69 Å². The van der Waals surface area contributed by atoms with Gasteiger partial charge in [-0.25, -0.2) is 0 Å². The van der Waals surface area contributed by atoms with E-state index < -0.39 is 0 Å². The zero-order chi connectivity index (χ0) is 11.5. The summed E-state index contributed by atoms with van der Waals surface area (Å²) >= 11 is 0. The molecule has 2 bridgehead atoms. The average Bonchev–Trinajstić information content (AvgIpc) is 2.18. The third-order valence-corrected chi connectivity index (χ3v) is 3.74. The molecule has 2 atom stereocenters. The van der Waals surface area contributed by atoms with Crippen molar-refractivity contribution in [1.82, 2.24) is 4.90 Å². The van der Waals surface area contributed by atoms with E-state index in [4.69, 9.17) is 4.74 Å². The van der Waals surface area contributed by atoms with Crippen LogP contribution >= 0.6 is 0 Å². The summed E-state index contributed by atoms with van der Waals surface area (Å²) in [5.74, 6) is 0.468. The molecule has 0 saturated carbocycles. The van der Waals surface area contributed by atoms with Gasteiger partial charge in [0.25, 0.3) is 0 Å². The first-order chi connectivity index (χ1) is 7.66. The number of hydrogen-bond donors (Lipinski definition) is 0. The molecule has 16 heavy (non-hydrogen) atoms. The van der Waals surface area contributed by atoms with E-state index in [1.165, 1.54) is 19.3 Å². The van der Waals surface area contributed by atoms with Gasteiger partial charge < -0.3 is 4.74 Å². The number of piperidine rings is 2. The van der Waals surface area contributed by atoms with Crippen LogP contribution in [-0.4, -0.2) is 42.0 Å². The van der Waals surface area contributed by atoms with Crippen molar-refractivity contribution in [2.45, 2.75) is 64.1 Å². The van der Waals surface area contributed by atoms with Crippen molar-refractivity contribution in [3.63, 3.8) is 0 Å². The highest BCUT2D eigenvalue weighted by Gasteiger charge is 2.36. The Kier molecular flexibility index (Phi) is 3.98. The molecule has 3 heteroatoms. The smallest absolute Gasteiger partial charge is 0.136 e. The molecule has 0 spiro atoms. The van der Waals surface area contributed by atoms with Crippen LogP contribution in [0.25, 0.3) is 0 Å². The lowest BCUT2D eigenvalue weighted by molar-refractivity contribution is -0.127. The summed E-state index contributed by atoms with van der Waals surface area (Å²) in [6.07, 6.45) is 5.56. The Morgan fingerprint density at radius 2 is 1.94 bits per heavy atom. The molecule has 92 valence electrons. The Morgan fingerprint density at radius 1 is 1.31 bits per heavy atom. The number of nitrogens with zero attached hydrogens (tertiary/aromatic N) is 1. The number of carbonyl (C=O) groups is 1. The molecule has 2 saturated heterocycles. The van der Waals surface area contributed by atoms with Crippen molar-refractivity contribution in [2.24, 2.45) is 0 Å². The minimum atomic E-state index is 0.311. The first kappa shape index (κ1) is 12.1. The molecule has 2 aliphatic heterocycles. The Labute approximate surface area is 98.1 Å². The van der Waals surface area contributed by atoms with E-state index >= 15 is 0 Å². The van der Waals surface area contributed by atoms with Crippen LogP contribution in [0.15, 0.2) is 0 Å². The van der Waals surface area contributed by atoms with Crippen molar-refractivity contribution in [3.8, 4) is 0 Å². The van der Waals surface area contributed by atoms with E-state index in [1.807, 2.05) is 0 Å². The van der Waals surface area contributed by atoms with E-state index in [1.54, 1.807) is 0 Å². The Bertz CT molecular complexity index is 236. The lowest BCUT2D eigenvalue weighted by atomic mass is 9.84. The quantitative estimate of drug-likeness (QED) is 0.733. The van der Waals surface area contributed by atoms with Gasteiger partial charge in [-0.05, 0) is 26.7 Å². The topological polar surface area (TPSA) is 29.5 Å². The highest BCUT2D eigenvalue weighted by molar-refractivity contribution is 5.80. The molecule has 0 amide bonds. The van der Waals surface area contributed by atoms with Gasteiger partial charge in [0.2, 0.25) is 0 Å². The molecule has 2 fully saturated rings. The minimum Gasteiger partial charge on any atom is -0.377 e. The van der Waals surface area contributed by atoms with Crippen LogP contribution in [0.5, 0.6) is 0 Å². The van der Waals surface area contributed by atoms with E-state index in [-0.39, 0.29) is 0 Å². The monoisotopic (exact) mass is 225 g/mol. The molecule has 0 radical (unpaired) electrons. The standard InChI is InChI=1S/C13H23NO2/c1-10(2)16-7-6-14-11-4-3-5-12(14)9-13(15)8-11/h10-12H,3-9H2,1-2H3. The normalized spacial score (nSPS) is 31.1. The Hall–Kier alpha value is -0.410. The van der Waals surface area contributed by atoms with Crippen LogP contribution in [-0.2, 0) is 9.53 Å². The van der Waals surface area contributed by atoms with Gasteiger partial charge in [-0.2, -0.15) is 0 Å². The molecule has 0 N–H and O–H groups in total. The average molecular weight is 225 g/mol. The summed E-state index contributed by atoms with van der Waals surface area (Å²) in [5.41, 5.74) is 0. The zero-order valence-corrected chi connectivity index (χ0v) is 10.4. The Morgan fingerprint density at radius 3 is 2.50 bits per heavy atom. The predicted molar refractivity (Wildman–Crippen MR) is 63.5 cm³/mol. The van der Waals surface area contributed by atoms with Gasteiger partial charge >= 0.3 is 0 Å². The summed E-state index contributed by atoms with van der Waals surface area (Å²) < 4.78 is 5.61. The molecule has 0 aliphatic carbocycles. The summed E-state index contributed by atoms with van der Waals surface area (Å²) in [6.45, 7) is 5.95. The van der Waals surface area contributed by atoms with Crippen molar-refractivity contribution in [1.29, 1.82) is 0 Å². The van der Waals surface area contributed by atoms with Crippen LogP contribution in [0.3, 0.4) is 0 Å². The molecule has 2 rings (SSSR count). The van der Waals surface area contributed by atoms with Gasteiger partial charge in [0.1, 0.15) is 5.78 Å². The number of Topliss-reactive ketones (excluding diaryl/α,β-unsaturated/α-hetero) is 1. The maximum absolute atomic E-state index is 11.5. The van der Waals surface area contributed by atoms with Crippen LogP contribution in [0.1, 0.15) is 46.0 Å². The van der Waals surface area contributed by atoms with Crippen LogP contribution in [0.4, 0.5) is 0 Å². The lowest BCUT2D eigenvalue weighted by Gasteiger charge is -2.45. The van der Waals surface area contributed by atoms with E-state index in [0.29, 0.717) is 24.0 Å². The SMILES string of the molecule is CC(C)OCCN1C2CCCC1CC(=O)C2. The van der Waals surface area contributed by atoms with Crippen molar-refractivity contribution in [3.05, 3.63) is 0 Å². The lowest BCUT2D eigenvalue weighted by Crippen LogP contribution is -2.53. The Balaban J connectivity index is 1.86. The summed E-state index contributed by atoms with van der Waals surface area (Å²) in [4.78, 5) is 14.1. The summed E-state index contributed by atoms with van der Waals surface area (Å²) in [7, 11) is 0. The van der Waals surface area contributed by atoms with Crippen molar-refractivity contribution >= 4 is 5.78 Å². The molecule has 0 aromatic carbocycles. The molecule has 2 unspecified atom stereocenters. The fourth-order valence-corrected chi connectivity index (χ4v) is 3.03. The third kappa shape index (κ3) is 2.83. The minimum absolute atomic E-state index is 0.311. The van der Waals surface area contributed by atoms with Crippen LogP contribution in [0, 0.1) is 0 Å². The second-order valence-corrected chi connectivity index (χ2v) is 5.34. The van der Waals surface area contributed by atoms with E-state index in [2.05, 4.69) is 18.7 Å². The van der Waals surface area contributed by atoms with Crippen LogP contribution < -0.4 is 0 Å². The molecular weight excluding hydrogens is 202 g/mol. The zero-order valence-electron chi connectivity index (χ0n) is 10.4. The van der Waals surface area contributed by atoms with Gasteiger partial charge in [-0.1, -0.05) is 6.42 Å². The van der Waals surface area contributed by atoms with Gasteiger partial charge in [0.05, 0.1) is 12.7 Å². The summed E-state index contributed by atoms with van der Waals surface area (Å²) in [5, 5.41) is 0. The predicted octanol–water partition coefficient (Wildman–Crippen LogP) is 2.00. The second-order valence-electron chi connectivity index (χ2n) is 5.34. The van der Waals surface area contributed by atoms with Gasteiger partial charge in [0.15, 0.2) is 0 Å². The fraction of sp³-hybridized carbons (Fsp3) is 0.923. The van der Waals surface area contributed by atoms with Gasteiger partial charge in [0, 0.05) is 31.5 Å². The second kappa shape index (κ2) is 5.28. The molecule has 2 heterocycles. The molecular formula is C13H23NO2. The highest BCUT2D eigenvalue weighted by atomic mass is 16.5. The highest BCUT2D eigenvalue weighted by Crippen LogP contribution is 2.31. The number of carbonyl (C=O) groups excluding carboxylic acids is 1. The molecule has 3 nitrogen and oxygen atoms in total. The van der Waals surface area contributed by atoms with Gasteiger partial charge in [-0.15, -0.1) is 0 Å². The van der Waals surface area contributed by atoms with Crippen molar-refractivity contribution in [2.75, 3.05) is 13.2 Å². The van der Waals surface area contributed by atoms with E-state index in [9.17, 15) is 4.79 Å². The van der Waals surface area contributed by atoms with E-state index in [0.717, 1.165) is 26.0 Å². The van der Waals surface area contributed by atoms with Crippen molar-refractivity contribution < 1.29 is 9.53 Å². The molecule has 2 aliphatic rings. The number of rotatable bonds is 4. The largest absolute Gasteiger partial charge is 0.377 e. The number of hydrogen-bond acceptors (Lipinski definition) is 3. The maximum Gasteiger partial charge on any atom is 0.136 e. The summed E-state index contributed by atoms with van der Waals surface area (Å²) in [6, 6.07) is 1.02. The molecule has 0 aromatic rings.